The van der Waals surface area contributed by atoms with Gasteiger partial charge in [-0.2, -0.15) is 0 Å². The number of nitrogens with zero attached hydrogens (tertiary/aromatic N) is 1. The third-order valence-corrected chi connectivity index (χ3v) is 4.29. The van der Waals surface area contributed by atoms with Crippen molar-refractivity contribution >= 4 is 31.9 Å². The molecule has 0 aliphatic heterocycles. The topological polar surface area (TPSA) is 24.5 Å². The van der Waals surface area contributed by atoms with Gasteiger partial charge in [0, 0.05) is 25.7 Å². The lowest BCUT2D eigenvalue weighted by Crippen LogP contribution is -2.33. The Morgan fingerprint density at radius 1 is 1.26 bits per heavy atom. The summed E-state index contributed by atoms with van der Waals surface area (Å²) in [5.74, 6) is 0.836. The lowest BCUT2D eigenvalue weighted by molar-refractivity contribution is 0.273. The molecule has 0 saturated heterocycles. The van der Waals surface area contributed by atoms with E-state index in [9.17, 15) is 0 Å². The number of hydrogen-bond acceptors (Lipinski definition) is 3. The highest BCUT2D eigenvalue weighted by Gasteiger charge is 2.07. The van der Waals surface area contributed by atoms with E-state index in [1.54, 1.807) is 7.11 Å². The Balaban J connectivity index is 2.46. The van der Waals surface area contributed by atoms with Crippen LogP contribution in [0.4, 0.5) is 0 Å². The number of methoxy groups -OCH3 is 1. The fourth-order valence-corrected chi connectivity index (χ4v) is 3.26. The second-order valence-electron chi connectivity index (χ2n) is 4.84. The molecule has 108 valence electrons. The highest BCUT2D eigenvalue weighted by molar-refractivity contribution is 9.11. The first-order valence-electron chi connectivity index (χ1n) is 6.38. The number of likely N-dealkylation sites (N-methyl/N-ethyl adjacent to an activating group) is 1. The monoisotopic (exact) mass is 392 g/mol. The summed E-state index contributed by atoms with van der Waals surface area (Å²) in [5.41, 5.74) is 1.23. The molecule has 0 saturated carbocycles. The molecule has 1 N–H and O–H groups in total. The van der Waals surface area contributed by atoms with Gasteiger partial charge in [0.25, 0.3) is 0 Å². The summed E-state index contributed by atoms with van der Waals surface area (Å²) in [7, 11) is 3.82. The third-order valence-electron chi connectivity index (χ3n) is 3.11. The van der Waals surface area contributed by atoms with Gasteiger partial charge in [-0.15, -0.1) is 0 Å². The number of halogens is 2. The Morgan fingerprint density at radius 2 is 1.84 bits per heavy atom. The van der Waals surface area contributed by atoms with Crippen molar-refractivity contribution in [2.45, 2.75) is 26.4 Å². The molecule has 0 amide bonds. The van der Waals surface area contributed by atoms with Crippen LogP contribution in [0.1, 0.15) is 19.4 Å². The standard InChI is InChI=1S/C14H22Br2N2O/c1-10(2)18(3)6-5-17-9-11-7-12(15)14(19-4)13(16)8-11/h7-8,10,17H,5-6,9H2,1-4H3. The van der Waals surface area contributed by atoms with E-state index in [1.807, 2.05) is 0 Å². The number of hydrogen-bond donors (Lipinski definition) is 1. The highest BCUT2D eigenvalue weighted by Crippen LogP contribution is 2.34. The van der Waals surface area contributed by atoms with Crippen LogP contribution in [0.3, 0.4) is 0 Å². The Bertz CT molecular complexity index is 387. The first-order chi connectivity index (χ1) is 8.95. The van der Waals surface area contributed by atoms with Crippen molar-refractivity contribution in [1.29, 1.82) is 0 Å². The van der Waals surface area contributed by atoms with Gasteiger partial charge in [0.2, 0.25) is 0 Å². The number of rotatable bonds is 7. The zero-order chi connectivity index (χ0) is 14.4. The highest BCUT2D eigenvalue weighted by atomic mass is 79.9. The average molecular weight is 394 g/mol. The quantitative estimate of drug-likeness (QED) is 0.715. The number of nitrogens with one attached hydrogen (secondary N) is 1. The van der Waals surface area contributed by atoms with Crippen LogP contribution < -0.4 is 10.1 Å². The van der Waals surface area contributed by atoms with Crippen LogP contribution in [-0.2, 0) is 6.54 Å². The Hall–Kier alpha value is -0.100. The molecule has 3 nitrogen and oxygen atoms in total. The summed E-state index contributed by atoms with van der Waals surface area (Å²) in [4.78, 5) is 2.33. The van der Waals surface area contributed by atoms with Gasteiger partial charge in [-0.25, -0.2) is 0 Å². The van der Waals surface area contributed by atoms with Crippen LogP contribution in [0.15, 0.2) is 21.1 Å². The molecule has 0 fully saturated rings. The van der Waals surface area contributed by atoms with Crippen LogP contribution >= 0.6 is 31.9 Å². The van der Waals surface area contributed by atoms with Gasteiger partial charge in [-0.3, -0.25) is 0 Å². The van der Waals surface area contributed by atoms with Crippen LogP contribution in [0, 0.1) is 0 Å². The molecule has 1 aromatic carbocycles. The molecule has 0 radical (unpaired) electrons. The van der Waals surface area contributed by atoms with E-state index >= 15 is 0 Å². The van der Waals surface area contributed by atoms with E-state index in [0.29, 0.717) is 6.04 Å². The molecule has 0 bridgehead atoms. The summed E-state index contributed by atoms with van der Waals surface area (Å²) >= 11 is 7.04. The second-order valence-corrected chi connectivity index (χ2v) is 6.55. The summed E-state index contributed by atoms with van der Waals surface area (Å²) in [5, 5.41) is 3.46. The van der Waals surface area contributed by atoms with E-state index in [0.717, 1.165) is 34.3 Å². The third kappa shape index (κ3) is 5.42. The van der Waals surface area contributed by atoms with Crippen molar-refractivity contribution < 1.29 is 4.74 Å². The smallest absolute Gasteiger partial charge is 0.147 e. The van der Waals surface area contributed by atoms with Crippen molar-refractivity contribution in [3.63, 3.8) is 0 Å². The zero-order valence-corrected chi connectivity index (χ0v) is 15.1. The van der Waals surface area contributed by atoms with Crippen molar-refractivity contribution in [3.8, 4) is 5.75 Å². The molecule has 0 heterocycles. The van der Waals surface area contributed by atoms with Gasteiger partial charge in [-0.05, 0) is 70.5 Å². The van der Waals surface area contributed by atoms with E-state index in [1.165, 1.54) is 5.56 Å². The van der Waals surface area contributed by atoms with Crippen molar-refractivity contribution in [2.24, 2.45) is 0 Å². The SMILES string of the molecule is COc1c(Br)cc(CNCCN(C)C(C)C)cc1Br. The zero-order valence-electron chi connectivity index (χ0n) is 12.0. The van der Waals surface area contributed by atoms with Crippen LogP contribution in [0.5, 0.6) is 5.75 Å². The molecule has 0 aliphatic carbocycles. The van der Waals surface area contributed by atoms with Gasteiger partial charge in [-0.1, -0.05) is 0 Å². The predicted octanol–water partition coefficient (Wildman–Crippen LogP) is 3.65. The van der Waals surface area contributed by atoms with Gasteiger partial charge < -0.3 is 15.0 Å². The van der Waals surface area contributed by atoms with E-state index in [-0.39, 0.29) is 0 Å². The van der Waals surface area contributed by atoms with Gasteiger partial charge >= 0.3 is 0 Å². The van der Waals surface area contributed by atoms with Crippen LogP contribution in [-0.4, -0.2) is 38.2 Å². The van der Waals surface area contributed by atoms with Crippen LogP contribution in [0.25, 0.3) is 0 Å². The minimum Gasteiger partial charge on any atom is -0.494 e. The normalized spacial score (nSPS) is 11.4. The minimum absolute atomic E-state index is 0.589. The molecule has 1 rings (SSSR count). The Kier molecular flexibility index (Phi) is 7.36. The molecule has 0 unspecified atom stereocenters. The number of benzene rings is 1. The lowest BCUT2D eigenvalue weighted by Gasteiger charge is -2.21. The van der Waals surface area contributed by atoms with E-state index < -0.39 is 0 Å². The molecular weight excluding hydrogens is 372 g/mol. The predicted molar refractivity (Wildman–Crippen MR) is 87.9 cm³/mol. The summed E-state index contributed by atoms with van der Waals surface area (Å²) in [6, 6.07) is 4.76. The summed E-state index contributed by atoms with van der Waals surface area (Å²) in [6.07, 6.45) is 0. The Morgan fingerprint density at radius 3 is 2.32 bits per heavy atom. The largest absolute Gasteiger partial charge is 0.494 e. The lowest BCUT2D eigenvalue weighted by atomic mass is 10.2. The van der Waals surface area contributed by atoms with Gasteiger partial charge in [0.1, 0.15) is 5.75 Å². The molecule has 0 spiro atoms. The average Bonchev–Trinajstić information content (AvgIpc) is 2.34. The minimum atomic E-state index is 0.589. The maximum atomic E-state index is 5.29. The molecule has 5 heteroatoms. The fraction of sp³-hybridized carbons (Fsp3) is 0.571. The molecular formula is C14H22Br2N2O. The maximum Gasteiger partial charge on any atom is 0.147 e. The van der Waals surface area contributed by atoms with Gasteiger partial charge in [0.05, 0.1) is 16.1 Å². The second kappa shape index (κ2) is 8.25. The van der Waals surface area contributed by atoms with Crippen molar-refractivity contribution in [2.75, 3.05) is 27.2 Å². The summed E-state index contributed by atoms with van der Waals surface area (Å²) in [6.45, 7) is 7.30. The molecule has 0 aliphatic rings. The van der Waals surface area contributed by atoms with Crippen LogP contribution in [0.2, 0.25) is 0 Å². The molecule has 0 atom stereocenters. The molecule has 0 aromatic heterocycles. The van der Waals surface area contributed by atoms with Gasteiger partial charge in [0.15, 0.2) is 0 Å². The Labute approximate surface area is 133 Å². The fourth-order valence-electron chi connectivity index (χ4n) is 1.66. The van der Waals surface area contributed by atoms with E-state index in [4.69, 9.17) is 4.74 Å². The first-order valence-corrected chi connectivity index (χ1v) is 7.97. The van der Waals surface area contributed by atoms with Crippen molar-refractivity contribution in [3.05, 3.63) is 26.6 Å². The van der Waals surface area contributed by atoms with E-state index in [2.05, 4.69) is 75.1 Å². The molecule has 19 heavy (non-hydrogen) atoms. The molecule has 1 aromatic rings. The first kappa shape index (κ1) is 17.0. The number of ether oxygens (including phenoxy) is 1. The summed E-state index contributed by atoms with van der Waals surface area (Å²) < 4.78 is 7.24. The maximum absolute atomic E-state index is 5.29. The van der Waals surface area contributed by atoms with Crippen molar-refractivity contribution in [1.82, 2.24) is 10.2 Å².